The van der Waals surface area contributed by atoms with E-state index in [0.717, 1.165) is 18.6 Å². The van der Waals surface area contributed by atoms with Crippen LogP contribution in [0, 0.1) is 11.6 Å². The van der Waals surface area contributed by atoms with Gasteiger partial charge in [0.05, 0.1) is 0 Å². The molecule has 0 saturated heterocycles. The lowest BCUT2D eigenvalue weighted by molar-refractivity contribution is 0.413. The van der Waals surface area contributed by atoms with Crippen LogP contribution in [0.3, 0.4) is 0 Å². The molecule has 0 fully saturated rings. The Kier molecular flexibility index (Phi) is 4.52. The molecule has 0 aliphatic carbocycles. The van der Waals surface area contributed by atoms with Gasteiger partial charge in [-0.3, -0.25) is 0 Å². The fraction of sp³-hybridized carbons (Fsp3) is 0.500. The van der Waals surface area contributed by atoms with Crippen LogP contribution in [0.15, 0.2) is 17.0 Å². The Morgan fingerprint density at radius 1 is 1.26 bits per heavy atom. The van der Waals surface area contributed by atoms with Crippen molar-refractivity contribution in [3.05, 3.63) is 23.8 Å². The predicted molar refractivity (Wildman–Crippen MR) is 70.1 cm³/mol. The van der Waals surface area contributed by atoms with Crippen molar-refractivity contribution in [2.75, 3.05) is 5.73 Å². The predicted octanol–water partition coefficient (Wildman–Crippen LogP) is 2.40. The normalized spacial score (nSPS) is 12.7. The van der Waals surface area contributed by atoms with E-state index in [1.807, 2.05) is 6.92 Å². The summed E-state index contributed by atoms with van der Waals surface area (Å²) >= 11 is 0. The lowest BCUT2D eigenvalue weighted by atomic mass is 10.0. The Bertz CT molecular complexity index is 548. The van der Waals surface area contributed by atoms with Gasteiger partial charge in [-0.2, -0.15) is 0 Å². The molecule has 0 aromatic heterocycles. The van der Waals surface area contributed by atoms with Gasteiger partial charge in [0.1, 0.15) is 11.6 Å². The zero-order valence-corrected chi connectivity index (χ0v) is 11.9. The van der Waals surface area contributed by atoms with Crippen molar-refractivity contribution in [3.8, 4) is 0 Å². The van der Waals surface area contributed by atoms with Gasteiger partial charge >= 0.3 is 0 Å². The third-order valence-corrected chi connectivity index (χ3v) is 4.32. The molecule has 0 saturated carbocycles. The van der Waals surface area contributed by atoms with Gasteiger partial charge in [-0.1, -0.05) is 13.3 Å². The summed E-state index contributed by atoms with van der Waals surface area (Å²) in [6.45, 7) is 5.20. The van der Waals surface area contributed by atoms with Crippen LogP contribution in [0.4, 0.5) is 14.5 Å². The average molecular weight is 292 g/mol. The first kappa shape index (κ1) is 15.8. The fourth-order valence-electron chi connectivity index (χ4n) is 1.93. The summed E-state index contributed by atoms with van der Waals surface area (Å²) in [6, 6.07) is 1.56. The average Bonchev–Trinajstić information content (AvgIpc) is 2.11. The molecule has 0 spiro atoms. The third-order valence-electron chi connectivity index (χ3n) is 2.57. The summed E-state index contributed by atoms with van der Waals surface area (Å²) in [5, 5.41) is 0. The van der Waals surface area contributed by atoms with E-state index < -0.39 is 32.1 Å². The summed E-state index contributed by atoms with van der Waals surface area (Å²) in [5.74, 6) is -2.39. The molecule has 0 heterocycles. The maximum Gasteiger partial charge on any atom is 0.246 e. The largest absolute Gasteiger partial charge is 0.399 e. The van der Waals surface area contributed by atoms with Crippen molar-refractivity contribution in [3.63, 3.8) is 0 Å². The highest BCUT2D eigenvalue weighted by molar-refractivity contribution is 7.89. The molecular formula is C12H18F2N2O2S. The molecule has 3 N–H and O–H groups in total. The number of benzene rings is 1. The Labute approximate surface area is 112 Å². The van der Waals surface area contributed by atoms with Crippen molar-refractivity contribution in [1.29, 1.82) is 0 Å². The van der Waals surface area contributed by atoms with Gasteiger partial charge in [-0.15, -0.1) is 0 Å². The first-order valence-electron chi connectivity index (χ1n) is 5.87. The van der Waals surface area contributed by atoms with Crippen LogP contribution < -0.4 is 10.5 Å². The van der Waals surface area contributed by atoms with E-state index in [1.165, 1.54) is 0 Å². The third kappa shape index (κ3) is 3.87. The summed E-state index contributed by atoms with van der Waals surface area (Å²) in [4.78, 5) is -0.995. The van der Waals surface area contributed by atoms with E-state index in [9.17, 15) is 17.2 Å². The molecule has 0 unspecified atom stereocenters. The number of sulfonamides is 1. The minimum absolute atomic E-state index is 0.165. The number of rotatable bonds is 5. The topological polar surface area (TPSA) is 72.2 Å². The minimum atomic E-state index is -4.27. The molecule has 1 rings (SSSR count). The molecule has 0 aliphatic rings. The lowest BCUT2D eigenvalue weighted by Crippen LogP contribution is -2.43. The molecule has 1 aromatic rings. The second kappa shape index (κ2) is 5.42. The SMILES string of the molecule is CCCC(C)(C)NS(=O)(=O)c1c(F)cc(N)cc1F. The fourth-order valence-corrected chi connectivity index (χ4v) is 3.49. The summed E-state index contributed by atoms with van der Waals surface area (Å²) in [7, 11) is -4.27. The van der Waals surface area contributed by atoms with Gasteiger partial charge in [0.25, 0.3) is 0 Å². The summed E-state index contributed by atoms with van der Waals surface area (Å²) < 4.78 is 53.6. The minimum Gasteiger partial charge on any atom is -0.399 e. The Balaban J connectivity index is 3.22. The molecule has 0 radical (unpaired) electrons. The van der Waals surface area contributed by atoms with E-state index in [4.69, 9.17) is 5.73 Å². The highest BCUT2D eigenvalue weighted by Crippen LogP contribution is 2.24. The number of halogens is 2. The molecule has 0 atom stereocenters. The van der Waals surface area contributed by atoms with Crippen LogP contribution in [0.25, 0.3) is 0 Å². The number of hydrogen-bond acceptors (Lipinski definition) is 3. The van der Waals surface area contributed by atoms with Gasteiger partial charge in [0.15, 0.2) is 4.90 Å². The molecule has 0 amide bonds. The van der Waals surface area contributed by atoms with E-state index in [-0.39, 0.29) is 5.69 Å². The molecular weight excluding hydrogens is 274 g/mol. The number of anilines is 1. The number of nitrogens with one attached hydrogen (secondary N) is 1. The molecule has 19 heavy (non-hydrogen) atoms. The van der Waals surface area contributed by atoms with E-state index >= 15 is 0 Å². The van der Waals surface area contributed by atoms with Crippen molar-refractivity contribution in [2.45, 2.75) is 44.0 Å². The lowest BCUT2D eigenvalue weighted by Gasteiger charge is -2.25. The molecule has 0 aliphatic heterocycles. The van der Waals surface area contributed by atoms with E-state index in [0.29, 0.717) is 6.42 Å². The molecule has 108 valence electrons. The van der Waals surface area contributed by atoms with Crippen LogP contribution in [0.5, 0.6) is 0 Å². The van der Waals surface area contributed by atoms with Gasteiger partial charge in [0, 0.05) is 11.2 Å². The van der Waals surface area contributed by atoms with Crippen molar-refractivity contribution >= 4 is 15.7 Å². The highest BCUT2D eigenvalue weighted by Gasteiger charge is 2.30. The highest BCUT2D eigenvalue weighted by atomic mass is 32.2. The zero-order chi connectivity index (χ0) is 14.8. The van der Waals surface area contributed by atoms with Crippen LogP contribution in [0.2, 0.25) is 0 Å². The molecule has 1 aromatic carbocycles. The zero-order valence-electron chi connectivity index (χ0n) is 11.1. The quantitative estimate of drug-likeness (QED) is 0.819. The Morgan fingerprint density at radius 3 is 2.16 bits per heavy atom. The Morgan fingerprint density at radius 2 is 1.74 bits per heavy atom. The molecule has 4 nitrogen and oxygen atoms in total. The van der Waals surface area contributed by atoms with Crippen LogP contribution in [-0.4, -0.2) is 14.0 Å². The molecule has 0 bridgehead atoms. The number of nitrogen functional groups attached to an aromatic ring is 1. The van der Waals surface area contributed by atoms with Gasteiger partial charge in [-0.05, 0) is 32.4 Å². The van der Waals surface area contributed by atoms with Crippen LogP contribution in [0.1, 0.15) is 33.6 Å². The molecule has 7 heteroatoms. The standard InChI is InChI=1S/C12H18F2N2O2S/c1-4-5-12(2,3)16-19(17,18)11-9(13)6-8(15)7-10(11)14/h6-7,16H,4-5,15H2,1-3H3. The van der Waals surface area contributed by atoms with Crippen LogP contribution in [-0.2, 0) is 10.0 Å². The van der Waals surface area contributed by atoms with E-state index in [1.54, 1.807) is 13.8 Å². The Hall–Kier alpha value is -1.21. The van der Waals surface area contributed by atoms with Gasteiger partial charge in [-0.25, -0.2) is 21.9 Å². The maximum atomic E-state index is 13.6. The summed E-state index contributed by atoms with van der Waals surface area (Å²) in [5.41, 5.74) is 4.30. The second-order valence-corrected chi connectivity index (χ2v) is 6.67. The van der Waals surface area contributed by atoms with E-state index in [2.05, 4.69) is 4.72 Å². The van der Waals surface area contributed by atoms with Crippen molar-refractivity contribution in [2.24, 2.45) is 0 Å². The summed E-state index contributed by atoms with van der Waals surface area (Å²) in [6.07, 6.45) is 1.28. The van der Waals surface area contributed by atoms with Gasteiger partial charge < -0.3 is 5.73 Å². The monoisotopic (exact) mass is 292 g/mol. The maximum absolute atomic E-state index is 13.6. The smallest absolute Gasteiger partial charge is 0.246 e. The van der Waals surface area contributed by atoms with Crippen LogP contribution >= 0.6 is 0 Å². The second-order valence-electron chi connectivity index (χ2n) is 5.05. The first-order valence-corrected chi connectivity index (χ1v) is 7.36. The number of nitrogens with two attached hydrogens (primary N) is 1. The first-order chi connectivity index (χ1) is 8.59. The van der Waals surface area contributed by atoms with Crippen molar-refractivity contribution in [1.82, 2.24) is 4.72 Å². The number of hydrogen-bond donors (Lipinski definition) is 2. The van der Waals surface area contributed by atoms with Crippen molar-refractivity contribution < 1.29 is 17.2 Å². The van der Waals surface area contributed by atoms with Gasteiger partial charge in [0.2, 0.25) is 10.0 Å².